The van der Waals surface area contributed by atoms with Gasteiger partial charge >= 0.3 is 0 Å². The highest BCUT2D eigenvalue weighted by Gasteiger charge is 2.28. The van der Waals surface area contributed by atoms with Crippen LogP contribution in [0, 0.1) is 0 Å². The molecule has 7 nitrogen and oxygen atoms in total. The van der Waals surface area contributed by atoms with Crippen LogP contribution in [0.15, 0.2) is 48.7 Å². The van der Waals surface area contributed by atoms with Gasteiger partial charge in [-0.1, -0.05) is 18.2 Å². The van der Waals surface area contributed by atoms with E-state index in [0.29, 0.717) is 17.7 Å². The summed E-state index contributed by atoms with van der Waals surface area (Å²) in [7, 11) is 0. The van der Waals surface area contributed by atoms with Gasteiger partial charge in [-0.2, -0.15) is 10.1 Å². The number of nitrogens with zero attached hydrogens (tertiary/aromatic N) is 4. The highest BCUT2D eigenvalue weighted by Crippen LogP contribution is 2.37. The van der Waals surface area contributed by atoms with Gasteiger partial charge in [0.15, 0.2) is 17.3 Å². The molecule has 0 bridgehead atoms. The molecule has 2 aromatic carbocycles. The predicted octanol–water partition coefficient (Wildman–Crippen LogP) is 3.43. The van der Waals surface area contributed by atoms with Gasteiger partial charge in [0.1, 0.15) is 0 Å². The van der Waals surface area contributed by atoms with E-state index < -0.39 is 0 Å². The number of benzene rings is 2. The molecule has 5 rings (SSSR count). The molecule has 0 saturated heterocycles. The van der Waals surface area contributed by atoms with Gasteiger partial charge in [0.25, 0.3) is 0 Å². The highest BCUT2D eigenvalue weighted by atomic mass is 16.7. The first-order valence-corrected chi connectivity index (χ1v) is 8.51. The van der Waals surface area contributed by atoms with E-state index in [9.17, 15) is 0 Å². The fraction of sp³-hybridized carbons (Fsp3) is 0.211. The van der Waals surface area contributed by atoms with Crippen molar-refractivity contribution in [3.63, 3.8) is 0 Å². The number of fused-ring (bicyclic) bond motifs is 2. The van der Waals surface area contributed by atoms with E-state index in [1.807, 2.05) is 24.3 Å². The minimum atomic E-state index is 0.249. The Balaban J connectivity index is 1.44. The van der Waals surface area contributed by atoms with Crippen LogP contribution in [0.3, 0.4) is 0 Å². The Labute approximate surface area is 150 Å². The molecule has 1 unspecified atom stereocenters. The van der Waals surface area contributed by atoms with E-state index in [2.05, 4.69) is 50.5 Å². The molecule has 26 heavy (non-hydrogen) atoms. The smallest absolute Gasteiger partial charge is 0.249 e. The number of para-hydroxylation sites is 1. The Kier molecular flexibility index (Phi) is 3.38. The second-order valence-corrected chi connectivity index (χ2v) is 6.38. The van der Waals surface area contributed by atoms with Crippen molar-refractivity contribution in [1.82, 2.24) is 15.2 Å². The zero-order valence-electron chi connectivity index (χ0n) is 14.2. The van der Waals surface area contributed by atoms with Crippen molar-refractivity contribution in [2.45, 2.75) is 19.4 Å². The van der Waals surface area contributed by atoms with E-state index in [1.54, 1.807) is 6.20 Å². The summed E-state index contributed by atoms with van der Waals surface area (Å²) >= 11 is 0. The van der Waals surface area contributed by atoms with E-state index in [-0.39, 0.29) is 6.79 Å². The van der Waals surface area contributed by atoms with Crippen LogP contribution in [0.5, 0.6) is 11.5 Å². The van der Waals surface area contributed by atoms with Crippen LogP contribution in [0.4, 0.5) is 23.1 Å². The van der Waals surface area contributed by atoms with Gasteiger partial charge in [0, 0.05) is 23.5 Å². The first-order chi connectivity index (χ1) is 12.8. The van der Waals surface area contributed by atoms with Gasteiger partial charge in [-0.25, -0.2) is 0 Å². The molecule has 3 aromatic rings. The zero-order chi connectivity index (χ0) is 17.5. The lowest BCUT2D eigenvalue weighted by Crippen LogP contribution is -2.25. The summed E-state index contributed by atoms with van der Waals surface area (Å²) in [5, 5.41) is 11.4. The molecule has 1 atom stereocenters. The van der Waals surface area contributed by atoms with Crippen LogP contribution in [-0.2, 0) is 6.42 Å². The van der Waals surface area contributed by atoms with Crippen molar-refractivity contribution in [2.24, 2.45) is 0 Å². The van der Waals surface area contributed by atoms with Crippen LogP contribution in [-0.4, -0.2) is 28.0 Å². The molecular weight excluding hydrogens is 330 g/mol. The van der Waals surface area contributed by atoms with Crippen molar-refractivity contribution >= 4 is 23.1 Å². The normalized spacial score (nSPS) is 17.3. The molecule has 1 aromatic heterocycles. The summed E-state index contributed by atoms with van der Waals surface area (Å²) in [6.07, 6.45) is 2.69. The zero-order valence-corrected chi connectivity index (χ0v) is 14.2. The molecular formula is C19H17N5O2. The molecule has 0 aliphatic carbocycles. The van der Waals surface area contributed by atoms with Crippen molar-refractivity contribution < 1.29 is 9.47 Å². The van der Waals surface area contributed by atoms with Crippen molar-refractivity contribution in [1.29, 1.82) is 0 Å². The van der Waals surface area contributed by atoms with Gasteiger partial charge < -0.3 is 19.7 Å². The van der Waals surface area contributed by atoms with E-state index >= 15 is 0 Å². The van der Waals surface area contributed by atoms with Crippen molar-refractivity contribution in [3.05, 3.63) is 54.2 Å². The quantitative estimate of drug-likeness (QED) is 0.778. The Bertz CT molecular complexity index is 978. The van der Waals surface area contributed by atoms with Crippen LogP contribution < -0.4 is 19.7 Å². The summed E-state index contributed by atoms with van der Waals surface area (Å²) in [6, 6.07) is 14.3. The van der Waals surface area contributed by atoms with Crippen molar-refractivity contribution in [3.8, 4) is 11.5 Å². The minimum Gasteiger partial charge on any atom is -0.454 e. The van der Waals surface area contributed by atoms with Gasteiger partial charge in [0.2, 0.25) is 12.7 Å². The second kappa shape index (κ2) is 5.87. The number of anilines is 4. The van der Waals surface area contributed by atoms with Gasteiger partial charge in [0.05, 0.1) is 6.20 Å². The molecule has 3 heterocycles. The predicted molar refractivity (Wildman–Crippen MR) is 97.4 cm³/mol. The standard InChI is InChI=1S/C19H17N5O2/c1-12-8-13-4-2-3-5-15(13)24(12)18-10-20-23-19(22-18)21-14-6-7-16-17(9-14)26-11-25-16/h2-7,9-10,12H,8,11H2,1H3,(H,21,22,23). The molecule has 0 amide bonds. The maximum atomic E-state index is 5.41. The number of nitrogens with one attached hydrogen (secondary N) is 1. The number of rotatable bonds is 3. The third-order valence-electron chi connectivity index (χ3n) is 4.63. The molecule has 2 aliphatic rings. The Morgan fingerprint density at radius 2 is 2.00 bits per heavy atom. The average Bonchev–Trinajstić information content (AvgIpc) is 3.24. The lowest BCUT2D eigenvalue weighted by molar-refractivity contribution is 0.174. The second-order valence-electron chi connectivity index (χ2n) is 6.38. The van der Waals surface area contributed by atoms with Crippen LogP contribution in [0.25, 0.3) is 0 Å². The molecule has 1 N–H and O–H groups in total. The lowest BCUT2D eigenvalue weighted by atomic mass is 10.1. The maximum absolute atomic E-state index is 5.41. The Morgan fingerprint density at radius 1 is 1.12 bits per heavy atom. The summed E-state index contributed by atoms with van der Waals surface area (Å²) in [4.78, 5) is 6.87. The molecule has 2 aliphatic heterocycles. The van der Waals surface area contributed by atoms with E-state index in [4.69, 9.17) is 9.47 Å². The van der Waals surface area contributed by atoms with Gasteiger partial charge in [-0.15, -0.1) is 5.10 Å². The first-order valence-electron chi connectivity index (χ1n) is 8.51. The monoisotopic (exact) mass is 347 g/mol. The number of aromatic nitrogens is 3. The lowest BCUT2D eigenvalue weighted by Gasteiger charge is -2.23. The molecule has 7 heteroatoms. The first kappa shape index (κ1) is 14.9. The van der Waals surface area contributed by atoms with E-state index in [0.717, 1.165) is 23.7 Å². The van der Waals surface area contributed by atoms with Crippen LogP contribution >= 0.6 is 0 Å². The van der Waals surface area contributed by atoms with Crippen molar-refractivity contribution in [2.75, 3.05) is 17.0 Å². The number of hydrogen-bond acceptors (Lipinski definition) is 7. The molecule has 0 saturated carbocycles. The minimum absolute atomic E-state index is 0.249. The summed E-state index contributed by atoms with van der Waals surface area (Å²) < 4.78 is 10.7. The van der Waals surface area contributed by atoms with Crippen LogP contribution in [0.2, 0.25) is 0 Å². The number of ether oxygens (including phenoxy) is 2. The average molecular weight is 347 g/mol. The van der Waals surface area contributed by atoms with E-state index in [1.165, 1.54) is 11.3 Å². The molecule has 0 spiro atoms. The third kappa shape index (κ3) is 2.48. The molecule has 0 fully saturated rings. The fourth-order valence-electron chi connectivity index (χ4n) is 3.48. The highest BCUT2D eigenvalue weighted by molar-refractivity contribution is 5.69. The van der Waals surface area contributed by atoms with Gasteiger partial charge in [-0.3, -0.25) is 0 Å². The summed E-state index contributed by atoms with van der Waals surface area (Å²) in [6.45, 7) is 2.44. The maximum Gasteiger partial charge on any atom is 0.249 e. The Hall–Kier alpha value is -3.35. The third-order valence-corrected chi connectivity index (χ3v) is 4.63. The topological polar surface area (TPSA) is 72.4 Å². The fourth-order valence-corrected chi connectivity index (χ4v) is 3.48. The molecule has 0 radical (unpaired) electrons. The SMILES string of the molecule is CC1Cc2ccccc2N1c1cnnc(Nc2ccc3c(c2)OCO3)n1. The van der Waals surface area contributed by atoms with Gasteiger partial charge in [-0.05, 0) is 37.1 Å². The summed E-state index contributed by atoms with van der Waals surface area (Å²) in [5.74, 6) is 2.67. The molecule has 130 valence electrons. The summed E-state index contributed by atoms with van der Waals surface area (Å²) in [5.41, 5.74) is 3.32. The largest absolute Gasteiger partial charge is 0.454 e. The Morgan fingerprint density at radius 3 is 2.96 bits per heavy atom. The number of hydrogen-bond donors (Lipinski definition) is 1. The van der Waals surface area contributed by atoms with Crippen LogP contribution in [0.1, 0.15) is 12.5 Å².